The Hall–Kier alpha value is -2.92. The molecule has 0 atom stereocenters. The van der Waals surface area contributed by atoms with E-state index in [2.05, 4.69) is 51.1 Å². The molecule has 0 unspecified atom stereocenters. The number of aryl methyl sites for hydroxylation is 1. The number of benzene rings is 2. The standard InChI is InChI=1S/C19H19N5/c1-14-16(13-24(23-14)17-7-3-2-4-8-17)11-20-10-15-6-5-9-19-18(15)12-21-22-19/h2-9,12-13,20H,10-11H2,1H3,(H,21,22). The van der Waals surface area contributed by atoms with E-state index in [4.69, 9.17) is 0 Å². The number of fused-ring (bicyclic) bond motifs is 1. The summed E-state index contributed by atoms with van der Waals surface area (Å²) in [5, 5.41) is 16.4. The maximum absolute atomic E-state index is 4.61. The van der Waals surface area contributed by atoms with E-state index in [1.54, 1.807) is 0 Å². The van der Waals surface area contributed by atoms with Gasteiger partial charge in [-0.2, -0.15) is 10.2 Å². The molecule has 0 aliphatic heterocycles. The van der Waals surface area contributed by atoms with Crippen molar-refractivity contribution in [2.45, 2.75) is 20.0 Å². The van der Waals surface area contributed by atoms with Crippen LogP contribution in [0.2, 0.25) is 0 Å². The molecule has 24 heavy (non-hydrogen) atoms. The maximum atomic E-state index is 4.61. The molecule has 0 aliphatic rings. The first-order valence-corrected chi connectivity index (χ1v) is 8.03. The highest BCUT2D eigenvalue weighted by atomic mass is 15.3. The molecule has 0 saturated heterocycles. The summed E-state index contributed by atoms with van der Waals surface area (Å²) in [5.74, 6) is 0. The zero-order chi connectivity index (χ0) is 16.4. The molecular formula is C19H19N5. The topological polar surface area (TPSA) is 58.5 Å². The first-order valence-electron chi connectivity index (χ1n) is 8.03. The van der Waals surface area contributed by atoms with E-state index in [0.29, 0.717) is 0 Å². The van der Waals surface area contributed by atoms with Gasteiger partial charge in [0.25, 0.3) is 0 Å². The highest BCUT2D eigenvalue weighted by Crippen LogP contribution is 2.16. The number of nitrogens with zero attached hydrogens (tertiary/aromatic N) is 3. The predicted octanol–water partition coefficient (Wildman–Crippen LogP) is 3.35. The van der Waals surface area contributed by atoms with Gasteiger partial charge in [-0.15, -0.1) is 0 Å². The fraction of sp³-hybridized carbons (Fsp3) is 0.158. The summed E-state index contributed by atoms with van der Waals surface area (Å²) in [6.07, 6.45) is 3.97. The van der Waals surface area contributed by atoms with Crippen LogP contribution in [-0.2, 0) is 13.1 Å². The Morgan fingerprint density at radius 2 is 1.83 bits per heavy atom. The zero-order valence-electron chi connectivity index (χ0n) is 13.5. The molecule has 0 radical (unpaired) electrons. The lowest BCUT2D eigenvalue weighted by atomic mass is 10.1. The van der Waals surface area contributed by atoms with Gasteiger partial charge in [0, 0.05) is 30.2 Å². The van der Waals surface area contributed by atoms with Gasteiger partial charge in [0.15, 0.2) is 0 Å². The molecule has 0 spiro atoms. The van der Waals surface area contributed by atoms with Crippen LogP contribution < -0.4 is 5.32 Å². The average molecular weight is 317 g/mol. The molecule has 2 aromatic carbocycles. The molecule has 2 aromatic heterocycles. The third kappa shape index (κ3) is 2.81. The molecule has 5 nitrogen and oxygen atoms in total. The quantitative estimate of drug-likeness (QED) is 0.593. The van der Waals surface area contributed by atoms with Crippen LogP contribution in [0.3, 0.4) is 0 Å². The monoisotopic (exact) mass is 317 g/mol. The predicted molar refractivity (Wildman–Crippen MR) is 94.9 cm³/mol. The Labute approximate surface area is 140 Å². The van der Waals surface area contributed by atoms with Gasteiger partial charge in [0.2, 0.25) is 0 Å². The zero-order valence-corrected chi connectivity index (χ0v) is 13.5. The number of hydrogen-bond acceptors (Lipinski definition) is 3. The van der Waals surface area contributed by atoms with E-state index < -0.39 is 0 Å². The number of hydrogen-bond donors (Lipinski definition) is 2. The average Bonchev–Trinajstić information content (AvgIpc) is 3.23. The minimum absolute atomic E-state index is 0.785. The molecule has 0 fully saturated rings. The van der Waals surface area contributed by atoms with Crippen LogP contribution in [0.1, 0.15) is 16.8 Å². The molecule has 5 heteroatoms. The van der Waals surface area contributed by atoms with E-state index in [-0.39, 0.29) is 0 Å². The third-order valence-electron chi connectivity index (χ3n) is 4.23. The van der Waals surface area contributed by atoms with Gasteiger partial charge in [-0.3, -0.25) is 5.10 Å². The molecule has 0 saturated carbocycles. The summed E-state index contributed by atoms with van der Waals surface area (Å²) < 4.78 is 1.93. The van der Waals surface area contributed by atoms with Crippen LogP contribution in [0, 0.1) is 6.92 Å². The highest BCUT2D eigenvalue weighted by molar-refractivity contribution is 5.81. The smallest absolute Gasteiger partial charge is 0.0653 e. The van der Waals surface area contributed by atoms with Crippen molar-refractivity contribution >= 4 is 10.9 Å². The van der Waals surface area contributed by atoms with E-state index >= 15 is 0 Å². The van der Waals surface area contributed by atoms with E-state index in [1.807, 2.05) is 42.1 Å². The maximum Gasteiger partial charge on any atom is 0.0653 e. The van der Waals surface area contributed by atoms with E-state index in [9.17, 15) is 0 Å². The number of para-hydroxylation sites is 1. The molecule has 0 aliphatic carbocycles. The highest BCUT2D eigenvalue weighted by Gasteiger charge is 2.07. The summed E-state index contributed by atoms with van der Waals surface area (Å²) in [4.78, 5) is 0. The van der Waals surface area contributed by atoms with Crippen molar-refractivity contribution in [1.82, 2.24) is 25.3 Å². The molecule has 0 amide bonds. The number of aromatic nitrogens is 4. The SMILES string of the molecule is Cc1nn(-c2ccccc2)cc1CNCc1cccc2[nH]ncc12. The fourth-order valence-corrected chi connectivity index (χ4v) is 2.90. The van der Waals surface area contributed by atoms with Crippen molar-refractivity contribution in [2.75, 3.05) is 0 Å². The lowest BCUT2D eigenvalue weighted by molar-refractivity contribution is 0.694. The Balaban J connectivity index is 1.47. The number of aromatic amines is 1. The van der Waals surface area contributed by atoms with Gasteiger partial charge in [0.05, 0.1) is 23.1 Å². The Kier molecular flexibility index (Phi) is 3.84. The minimum atomic E-state index is 0.785. The van der Waals surface area contributed by atoms with E-state index in [0.717, 1.165) is 30.0 Å². The second-order valence-corrected chi connectivity index (χ2v) is 5.87. The Morgan fingerprint density at radius 3 is 2.71 bits per heavy atom. The largest absolute Gasteiger partial charge is 0.308 e. The molecule has 120 valence electrons. The second kappa shape index (κ2) is 6.29. The van der Waals surface area contributed by atoms with Crippen molar-refractivity contribution in [3.8, 4) is 5.69 Å². The molecule has 0 bridgehead atoms. The molecule has 4 rings (SSSR count). The second-order valence-electron chi connectivity index (χ2n) is 5.87. The fourth-order valence-electron chi connectivity index (χ4n) is 2.90. The van der Waals surface area contributed by atoms with Crippen molar-refractivity contribution in [2.24, 2.45) is 0 Å². The van der Waals surface area contributed by atoms with Gasteiger partial charge < -0.3 is 5.32 Å². The van der Waals surface area contributed by atoms with Crippen LogP contribution in [0.15, 0.2) is 60.9 Å². The van der Waals surface area contributed by atoms with Crippen LogP contribution in [0.25, 0.3) is 16.6 Å². The van der Waals surface area contributed by atoms with Crippen molar-refractivity contribution in [3.05, 3.63) is 77.7 Å². The molecular weight excluding hydrogens is 298 g/mol. The van der Waals surface area contributed by atoms with Crippen LogP contribution in [0.4, 0.5) is 0 Å². The number of nitrogens with one attached hydrogen (secondary N) is 2. The summed E-state index contributed by atoms with van der Waals surface area (Å²) in [6.45, 7) is 3.63. The molecule has 4 aromatic rings. The van der Waals surface area contributed by atoms with Crippen LogP contribution in [0.5, 0.6) is 0 Å². The van der Waals surface area contributed by atoms with E-state index in [1.165, 1.54) is 16.5 Å². The minimum Gasteiger partial charge on any atom is -0.308 e. The first-order chi connectivity index (χ1) is 11.8. The summed E-state index contributed by atoms with van der Waals surface area (Å²) in [7, 11) is 0. The first kappa shape index (κ1) is 14.7. The van der Waals surface area contributed by atoms with Crippen molar-refractivity contribution < 1.29 is 0 Å². The molecule has 2 N–H and O–H groups in total. The van der Waals surface area contributed by atoms with Gasteiger partial charge in [0.1, 0.15) is 0 Å². The van der Waals surface area contributed by atoms with Gasteiger partial charge >= 0.3 is 0 Å². The third-order valence-corrected chi connectivity index (χ3v) is 4.23. The van der Waals surface area contributed by atoms with Crippen LogP contribution in [-0.4, -0.2) is 20.0 Å². The van der Waals surface area contributed by atoms with Crippen molar-refractivity contribution in [1.29, 1.82) is 0 Å². The van der Waals surface area contributed by atoms with Gasteiger partial charge in [-0.05, 0) is 30.7 Å². The Morgan fingerprint density at radius 1 is 1.00 bits per heavy atom. The summed E-state index contributed by atoms with van der Waals surface area (Å²) in [5.41, 5.74) is 5.65. The van der Waals surface area contributed by atoms with Gasteiger partial charge in [-0.1, -0.05) is 30.3 Å². The number of rotatable bonds is 5. The normalized spacial score (nSPS) is 11.2. The molecule has 2 heterocycles. The summed E-state index contributed by atoms with van der Waals surface area (Å²) >= 11 is 0. The lowest BCUT2D eigenvalue weighted by Crippen LogP contribution is -2.13. The lowest BCUT2D eigenvalue weighted by Gasteiger charge is -2.05. The summed E-state index contributed by atoms with van der Waals surface area (Å²) in [6, 6.07) is 16.4. The van der Waals surface area contributed by atoms with Crippen molar-refractivity contribution in [3.63, 3.8) is 0 Å². The Bertz CT molecular complexity index is 952. The van der Waals surface area contributed by atoms with Crippen LogP contribution >= 0.6 is 0 Å². The van der Waals surface area contributed by atoms with Gasteiger partial charge in [-0.25, -0.2) is 4.68 Å². The number of H-pyrrole nitrogens is 1.